The third-order valence-electron chi connectivity index (χ3n) is 6.36. The largest absolute Gasteiger partial charge is 0.394 e. The molecule has 2 N–H and O–H groups in total. The molecule has 0 fully saturated rings. The summed E-state index contributed by atoms with van der Waals surface area (Å²) >= 11 is 12.9. The molecule has 0 radical (unpaired) electrons. The Kier molecular flexibility index (Phi) is 5.50. The SMILES string of the molecule is Cc1ccc2c3c(nn2c1)CCC(CO)(NC(=O)c1c(Cl)cc(-n2cnn(C)c2=O)cc1Cl)C3. The van der Waals surface area contributed by atoms with Gasteiger partial charge in [0, 0.05) is 25.2 Å². The average Bonchev–Trinajstić information content (AvgIpc) is 3.31. The smallest absolute Gasteiger partial charge is 0.350 e. The second-order valence-corrected chi connectivity index (χ2v) is 9.54. The molecular formula is C23H22Cl2N6O3. The number of aliphatic hydroxyl groups excluding tert-OH is 1. The number of hydrogen-bond donors (Lipinski definition) is 2. The van der Waals surface area contributed by atoms with E-state index in [4.69, 9.17) is 23.2 Å². The maximum atomic E-state index is 13.3. The number of amides is 1. The number of benzene rings is 1. The Bertz CT molecular complexity index is 1480. The molecule has 1 unspecified atom stereocenters. The lowest BCUT2D eigenvalue weighted by Crippen LogP contribution is -2.55. The molecule has 0 spiro atoms. The van der Waals surface area contributed by atoms with Crippen molar-refractivity contribution in [2.45, 2.75) is 31.7 Å². The predicted molar refractivity (Wildman–Crippen MR) is 128 cm³/mol. The van der Waals surface area contributed by atoms with Gasteiger partial charge in [0.25, 0.3) is 5.91 Å². The zero-order chi connectivity index (χ0) is 24.2. The fraction of sp³-hybridized carbons (Fsp3) is 0.304. The number of hydrogen-bond acceptors (Lipinski definition) is 5. The maximum Gasteiger partial charge on any atom is 0.350 e. The summed E-state index contributed by atoms with van der Waals surface area (Å²) in [5.41, 5.74) is 3.23. The number of aromatic nitrogens is 5. The van der Waals surface area contributed by atoms with Crippen LogP contribution in [0.1, 0.15) is 33.6 Å². The lowest BCUT2D eigenvalue weighted by molar-refractivity contribution is 0.0808. The first-order chi connectivity index (χ1) is 16.2. The van der Waals surface area contributed by atoms with Gasteiger partial charge in [0.15, 0.2) is 0 Å². The normalized spacial score (nSPS) is 17.7. The Morgan fingerprint density at radius 3 is 2.65 bits per heavy atom. The summed E-state index contributed by atoms with van der Waals surface area (Å²) < 4.78 is 4.30. The minimum atomic E-state index is -0.885. The molecule has 3 aromatic heterocycles. The van der Waals surface area contributed by atoms with E-state index in [1.165, 1.54) is 34.8 Å². The quantitative estimate of drug-likeness (QED) is 0.447. The standard InChI is InChI=1S/C23H22Cl2N6O3/c1-13-3-4-19-15-9-23(11-32,6-5-18(15)28-31(19)10-13)27-21(33)20-16(24)7-14(8-17(20)25)30-12-26-29(2)22(30)34/h3-4,7-8,10,12,32H,5-6,9,11H2,1-2H3,(H,27,33). The van der Waals surface area contributed by atoms with Crippen LogP contribution in [-0.2, 0) is 19.9 Å². The van der Waals surface area contributed by atoms with E-state index in [1.807, 2.05) is 29.8 Å². The number of nitrogens with one attached hydrogen (secondary N) is 1. The van der Waals surface area contributed by atoms with Crippen molar-refractivity contribution in [1.82, 2.24) is 29.3 Å². The van der Waals surface area contributed by atoms with Crippen molar-refractivity contribution in [3.05, 3.63) is 79.7 Å². The zero-order valence-electron chi connectivity index (χ0n) is 18.5. The number of carbonyl (C=O) groups excluding carboxylic acids is 1. The summed E-state index contributed by atoms with van der Waals surface area (Å²) in [4.78, 5) is 25.5. The van der Waals surface area contributed by atoms with Crippen LogP contribution in [0, 0.1) is 6.92 Å². The Hall–Kier alpha value is -3.14. The minimum absolute atomic E-state index is 0.0816. The van der Waals surface area contributed by atoms with Crippen molar-refractivity contribution in [1.29, 1.82) is 0 Å². The summed E-state index contributed by atoms with van der Waals surface area (Å²) in [6.45, 7) is 1.75. The van der Waals surface area contributed by atoms with Gasteiger partial charge in [-0.3, -0.25) is 4.79 Å². The van der Waals surface area contributed by atoms with Crippen molar-refractivity contribution in [2.75, 3.05) is 6.61 Å². The number of carbonyl (C=O) groups is 1. The van der Waals surface area contributed by atoms with Crippen LogP contribution in [0.25, 0.3) is 11.2 Å². The van der Waals surface area contributed by atoms with E-state index < -0.39 is 11.4 Å². The number of pyridine rings is 1. The molecule has 34 heavy (non-hydrogen) atoms. The van der Waals surface area contributed by atoms with Gasteiger partial charge in [0.2, 0.25) is 0 Å². The van der Waals surface area contributed by atoms with E-state index in [1.54, 1.807) is 0 Å². The van der Waals surface area contributed by atoms with Gasteiger partial charge < -0.3 is 10.4 Å². The second-order valence-electron chi connectivity index (χ2n) is 8.72. The van der Waals surface area contributed by atoms with Gasteiger partial charge in [0.05, 0.1) is 44.7 Å². The van der Waals surface area contributed by atoms with Crippen molar-refractivity contribution >= 4 is 34.6 Å². The van der Waals surface area contributed by atoms with E-state index in [0.29, 0.717) is 24.9 Å². The fourth-order valence-electron chi connectivity index (χ4n) is 4.49. The molecule has 1 atom stereocenters. The Morgan fingerprint density at radius 1 is 1.26 bits per heavy atom. The lowest BCUT2D eigenvalue weighted by atomic mass is 9.80. The molecule has 0 saturated carbocycles. The molecule has 0 aliphatic heterocycles. The number of nitrogens with zero attached hydrogens (tertiary/aromatic N) is 5. The highest BCUT2D eigenvalue weighted by molar-refractivity contribution is 6.40. The first-order valence-electron chi connectivity index (χ1n) is 10.7. The monoisotopic (exact) mass is 500 g/mol. The van der Waals surface area contributed by atoms with E-state index in [0.717, 1.165) is 22.3 Å². The van der Waals surface area contributed by atoms with E-state index >= 15 is 0 Å². The van der Waals surface area contributed by atoms with Gasteiger partial charge in [-0.1, -0.05) is 29.3 Å². The topological polar surface area (TPSA) is 106 Å². The van der Waals surface area contributed by atoms with Crippen LogP contribution >= 0.6 is 23.2 Å². The van der Waals surface area contributed by atoms with E-state index in [2.05, 4.69) is 15.5 Å². The summed E-state index contributed by atoms with van der Waals surface area (Å²) in [6.07, 6.45) is 4.87. The molecular weight excluding hydrogens is 479 g/mol. The van der Waals surface area contributed by atoms with Crippen molar-refractivity contribution < 1.29 is 9.90 Å². The molecule has 9 nitrogen and oxygen atoms in total. The highest BCUT2D eigenvalue weighted by Crippen LogP contribution is 2.33. The molecule has 0 bridgehead atoms. The lowest BCUT2D eigenvalue weighted by Gasteiger charge is -2.36. The molecule has 5 rings (SSSR count). The average molecular weight is 501 g/mol. The predicted octanol–water partition coefficient (Wildman–Crippen LogP) is 2.48. The van der Waals surface area contributed by atoms with Gasteiger partial charge in [-0.25, -0.2) is 18.6 Å². The van der Waals surface area contributed by atoms with E-state index in [-0.39, 0.29) is 27.9 Å². The van der Waals surface area contributed by atoms with Crippen molar-refractivity contribution in [3.63, 3.8) is 0 Å². The maximum absolute atomic E-state index is 13.3. The molecule has 1 aliphatic rings. The molecule has 176 valence electrons. The Morgan fingerprint density at radius 2 is 2.00 bits per heavy atom. The first-order valence-corrected chi connectivity index (χ1v) is 11.5. The molecule has 1 aliphatic carbocycles. The van der Waals surface area contributed by atoms with Crippen molar-refractivity contribution in [2.24, 2.45) is 7.05 Å². The van der Waals surface area contributed by atoms with Crippen LogP contribution in [0.3, 0.4) is 0 Å². The summed E-state index contributed by atoms with van der Waals surface area (Å²) in [6, 6.07) is 7.00. The number of aliphatic hydroxyl groups is 1. The minimum Gasteiger partial charge on any atom is -0.394 e. The number of halogens is 2. The summed E-state index contributed by atoms with van der Waals surface area (Å²) in [5, 5.41) is 22.1. The first kappa shape index (κ1) is 22.6. The zero-order valence-corrected chi connectivity index (χ0v) is 20.1. The third kappa shape index (κ3) is 3.70. The van der Waals surface area contributed by atoms with Gasteiger partial charge in [-0.2, -0.15) is 10.2 Å². The molecule has 0 saturated heterocycles. The highest BCUT2D eigenvalue weighted by atomic mass is 35.5. The van der Waals surface area contributed by atoms with Gasteiger partial charge in [-0.05, 0) is 43.5 Å². The molecule has 4 aromatic rings. The van der Waals surface area contributed by atoms with Gasteiger partial charge in [-0.15, -0.1) is 0 Å². The number of rotatable bonds is 4. The van der Waals surface area contributed by atoms with Crippen LogP contribution in [-0.4, -0.2) is 47.1 Å². The number of aryl methyl sites for hydroxylation is 3. The second kappa shape index (κ2) is 8.26. The molecule has 1 aromatic carbocycles. The summed E-state index contributed by atoms with van der Waals surface area (Å²) in [5.74, 6) is -0.495. The Labute approximate surface area is 204 Å². The molecule has 1 amide bonds. The highest BCUT2D eigenvalue weighted by Gasteiger charge is 2.38. The fourth-order valence-corrected chi connectivity index (χ4v) is 5.14. The van der Waals surface area contributed by atoms with Crippen LogP contribution in [0.4, 0.5) is 0 Å². The van der Waals surface area contributed by atoms with Crippen molar-refractivity contribution in [3.8, 4) is 5.69 Å². The van der Waals surface area contributed by atoms with Crippen LogP contribution < -0.4 is 11.0 Å². The Balaban J connectivity index is 1.46. The summed E-state index contributed by atoms with van der Waals surface area (Å²) in [7, 11) is 1.53. The third-order valence-corrected chi connectivity index (χ3v) is 6.95. The van der Waals surface area contributed by atoms with Crippen LogP contribution in [0.2, 0.25) is 10.0 Å². The molecule has 3 heterocycles. The van der Waals surface area contributed by atoms with Crippen LogP contribution in [0.5, 0.6) is 0 Å². The van der Waals surface area contributed by atoms with Crippen LogP contribution in [0.15, 0.2) is 41.6 Å². The number of fused-ring (bicyclic) bond motifs is 3. The molecule has 11 heteroatoms. The van der Waals surface area contributed by atoms with Gasteiger partial charge in [0.1, 0.15) is 6.33 Å². The van der Waals surface area contributed by atoms with E-state index in [9.17, 15) is 14.7 Å². The van der Waals surface area contributed by atoms with Gasteiger partial charge >= 0.3 is 5.69 Å².